The topological polar surface area (TPSA) is 101 Å². The number of nitrogens with one attached hydrogen (secondary N) is 2. The van der Waals surface area contributed by atoms with E-state index in [0.717, 1.165) is 22.6 Å². The van der Waals surface area contributed by atoms with Crippen LogP contribution in [0, 0.1) is 0 Å². The van der Waals surface area contributed by atoms with Gasteiger partial charge in [-0.2, -0.15) is 0 Å². The second-order valence-electron chi connectivity index (χ2n) is 11.5. The first kappa shape index (κ1) is 27.5. The summed E-state index contributed by atoms with van der Waals surface area (Å²) in [5.41, 5.74) is 10.2. The van der Waals surface area contributed by atoms with Crippen LogP contribution in [0.5, 0.6) is 5.75 Å². The Balaban J connectivity index is 1.45. The molecule has 1 aliphatic heterocycles. The van der Waals surface area contributed by atoms with E-state index in [1.54, 1.807) is 0 Å². The molecule has 0 fully saturated rings. The smallest absolute Gasteiger partial charge is 0.123 e. The number of nitrogens with zero attached hydrogens (tertiary/aromatic N) is 8. The molecule has 0 spiro atoms. The fourth-order valence-electron chi connectivity index (χ4n) is 3.88. The van der Waals surface area contributed by atoms with Gasteiger partial charge in [-0.1, -0.05) is 22.6 Å². The standard InChI is InChI=1S/C26H39FN10O/c1-25(2,3)36-18-22(29-32-36)15-34(16-23-19-37(33-30-23)26(4,5)6)14-21-17-35(31-28-21)13-20-7-9-24(10-8-20)38-12-11-27/h7-10,17-19,29,32H,11-16H2,1-6H3. The van der Waals surface area contributed by atoms with Crippen LogP contribution in [0.3, 0.4) is 0 Å². The Labute approximate surface area is 223 Å². The normalized spacial score (nSPS) is 14.2. The highest BCUT2D eigenvalue weighted by molar-refractivity contribution is 5.27. The van der Waals surface area contributed by atoms with Crippen molar-refractivity contribution in [2.24, 2.45) is 0 Å². The van der Waals surface area contributed by atoms with Crippen molar-refractivity contribution in [3.8, 4) is 5.75 Å². The minimum Gasteiger partial charge on any atom is -0.491 e. The van der Waals surface area contributed by atoms with Crippen molar-refractivity contribution >= 4 is 0 Å². The first-order valence-electron chi connectivity index (χ1n) is 12.8. The molecule has 38 heavy (non-hydrogen) atoms. The number of aromatic nitrogens is 6. The Morgan fingerprint density at radius 2 is 1.58 bits per heavy atom. The molecule has 1 aromatic carbocycles. The van der Waals surface area contributed by atoms with Crippen LogP contribution in [-0.2, 0) is 25.2 Å². The number of ether oxygens (including phenoxy) is 1. The molecule has 0 unspecified atom stereocenters. The van der Waals surface area contributed by atoms with Crippen LogP contribution in [0.1, 0.15) is 58.5 Å². The van der Waals surface area contributed by atoms with Gasteiger partial charge in [0.2, 0.25) is 0 Å². The third kappa shape index (κ3) is 7.51. The average molecular weight is 527 g/mol. The summed E-state index contributed by atoms with van der Waals surface area (Å²) in [6, 6.07) is 7.58. The lowest BCUT2D eigenvalue weighted by Gasteiger charge is -2.30. The van der Waals surface area contributed by atoms with Crippen LogP contribution in [0.25, 0.3) is 0 Å². The number of hydrogen-bond acceptors (Lipinski definition) is 9. The van der Waals surface area contributed by atoms with Crippen LogP contribution >= 0.6 is 0 Å². The van der Waals surface area contributed by atoms with Crippen LogP contribution in [0.4, 0.5) is 4.39 Å². The molecule has 2 aromatic heterocycles. The van der Waals surface area contributed by atoms with Gasteiger partial charge < -0.3 is 10.2 Å². The quantitative estimate of drug-likeness (QED) is 0.390. The molecule has 0 saturated heterocycles. The molecule has 12 heteroatoms. The number of hydrogen-bond donors (Lipinski definition) is 2. The van der Waals surface area contributed by atoms with Gasteiger partial charge in [0.25, 0.3) is 0 Å². The summed E-state index contributed by atoms with van der Waals surface area (Å²) in [5.74, 6) is 0.652. The maximum Gasteiger partial charge on any atom is 0.123 e. The molecular weight excluding hydrogens is 487 g/mol. The van der Waals surface area contributed by atoms with E-state index in [1.807, 2.05) is 46.0 Å². The lowest BCUT2D eigenvalue weighted by atomic mass is 10.1. The molecular formula is C26H39FN10O. The molecule has 0 amide bonds. The zero-order chi connectivity index (χ0) is 27.3. The van der Waals surface area contributed by atoms with Gasteiger partial charge in [-0.15, -0.1) is 15.7 Å². The summed E-state index contributed by atoms with van der Waals surface area (Å²) in [6.45, 7) is 14.7. The molecule has 0 atom stereocenters. The van der Waals surface area contributed by atoms with Gasteiger partial charge in [-0.3, -0.25) is 9.91 Å². The summed E-state index contributed by atoms with van der Waals surface area (Å²) >= 11 is 0. The largest absolute Gasteiger partial charge is 0.491 e. The van der Waals surface area contributed by atoms with E-state index in [0.29, 0.717) is 31.9 Å². The number of hydrazine groups is 2. The van der Waals surface area contributed by atoms with Crippen molar-refractivity contribution in [1.82, 2.24) is 50.9 Å². The number of halogens is 1. The van der Waals surface area contributed by atoms with Crippen LogP contribution in [-0.4, -0.2) is 65.3 Å². The zero-order valence-corrected chi connectivity index (χ0v) is 23.1. The fourth-order valence-corrected chi connectivity index (χ4v) is 3.88. The first-order chi connectivity index (χ1) is 18.0. The molecule has 0 saturated carbocycles. The monoisotopic (exact) mass is 526 g/mol. The third-order valence-electron chi connectivity index (χ3n) is 5.94. The van der Waals surface area contributed by atoms with Crippen LogP contribution < -0.4 is 15.7 Å². The van der Waals surface area contributed by atoms with E-state index in [4.69, 9.17) is 4.74 Å². The summed E-state index contributed by atoms with van der Waals surface area (Å²) in [6.07, 6.45) is 6.06. The summed E-state index contributed by atoms with van der Waals surface area (Å²) in [4.78, 5) is 2.26. The van der Waals surface area contributed by atoms with Gasteiger partial charge in [-0.05, 0) is 59.2 Å². The van der Waals surface area contributed by atoms with Gasteiger partial charge in [0.1, 0.15) is 19.0 Å². The van der Waals surface area contributed by atoms with Crippen molar-refractivity contribution < 1.29 is 9.13 Å². The van der Waals surface area contributed by atoms with Gasteiger partial charge in [-0.25, -0.2) is 13.8 Å². The zero-order valence-electron chi connectivity index (χ0n) is 23.1. The Bertz CT molecular complexity index is 1210. The van der Waals surface area contributed by atoms with E-state index in [1.165, 1.54) is 0 Å². The number of rotatable bonds is 11. The Kier molecular flexibility index (Phi) is 8.32. The SMILES string of the molecule is CC(C)(C)N1C=C(CN(Cc2cn(Cc3ccc(OCCF)cc3)nn2)Cc2cn(C(C)(C)C)nn2)NN1. The molecule has 2 N–H and O–H groups in total. The number of benzene rings is 1. The fraction of sp³-hybridized carbons (Fsp3) is 0.538. The van der Waals surface area contributed by atoms with Crippen LogP contribution in [0.2, 0.25) is 0 Å². The van der Waals surface area contributed by atoms with Crippen molar-refractivity contribution in [3.63, 3.8) is 0 Å². The van der Waals surface area contributed by atoms with Gasteiger partial charge in [0.05, 0.1) is 41.6 Å². The highest BCUT2D eigenvalue weighted by Gasteiger charge is 2.25. The Hall–Kier alpha value is -3.51. The highest BCUT2D eigenvalue weighted by Crippen LogP contribution is 2.18. The second-order valence-corrected chi connectivity index (χ2v) is 11.5. The van der Waals surface area contributed by atoms with Gasteiger partial charge in [0.15, 0.2) is 0 Å². The van der Waals surface area contributed by atoms with E-state index >= 15 is 0 Å². The lowest BCUT2D eigenvalue weighted by Crippen LogP contribution is -2.47. The van der Waals surface area contributed by atoms with E-state index < -0.39 is 6.67 Å². The molecule has 0 radical (unpaired) electrons. The predicted octanol–water partition coefficient (Wildman–Crippen LogP) is 2.99. The van der Waals surface area contributed by atoms with Crippen LogP contribution in [0.15, 0.2) is 48.6 Å². The molecule has 0 aliphatic carbocycles. The molecule has 4 rings (SSSR count). The average Bonchev–Trinajstić information content (AvgIpc) is 3.60. The summed E-state index contributed by atoms with van der Waals surface area (Å²) in [5, 5.41) is 19.6. The Morgan fingerprint density at radius 3 is 2.18 bits per heavy atom. The molecule has 3 aromatic rings. The van der Waals surface area contributed by atoms with Crippen molar-refractivity contribution in [1.29, 1.82) is 0 Å². The van der Waals surface area contributed by atoms with Gasteiger partial charge >= 0.3 is 0 Å². The van der Waals surface area contributed by atoms with Crippen molar-refractivity contribution in [2.45, 2.75) is 72.3 Å². The molecule has 3 heterocycles. The highest BCUT2D eigenvalue weighted by atomic mass is 19.1. The third-order valence-corrected chi connectivity index (χ3v) is 5.94. The lowest BCUT2D eigenvalue weighted by molar-refractivity contribution is 0.137. The van der Waals surface area contributed by atoms with Crippen molar-refractivity contribution in [2.75, 3.05) is 19.8 Å². The maximum absolute atomic E-state index is 12.3. The minimum atomic E-state index is -0.506. The minimum absolute atomic E-state index is 0.0603. The first-order valence-corrected chi connectivity index (χ1v) is 12.8. The summed E-state index contributed by atoms with van der Waals surface area (Å²) < 4.78 is 21.3. The molecule has 1 aliphatic rings. The molecule has 0 bridgehead atoms. The molecule has 11 nitrogen and oxygen atoms in total. The van der Waals surface area contributed by atoms with E-state index in [-0.39, 0.29) is 17.7 Å². The van der Waals surface area contributed by atoms with Gasteiger partial charge in [0, 0.05) is 31.4 Å². The number of alkyl halides is 1. The van der Waals surface area contributed by atoms with E-state index in [9.17, 15) is 4.39 Å². The van der Waals surface area contributed by atoms with E-state index in [2.05, 4.69) is 89.2 Å². The maximum atomic E-state index is 12.3. The predicted molar refractivity (Wildman–Crippen MR) is 142 cm³/mol. The Morgan fingerprint density at radius 1 is 0.895 bits per heavy atom. The van der Waals surface area contributed by atoms with Crippen molar-refractivity contribution in [3.05, 3.63) is 65.5 Å². The molecule has 206 valence electrons. The second kappa shape index (κ2) is 11.5. The summed E-state index contributed by atoms with van der Waals surface area (Å²) in [7, 11) is 0.